The summed E-state index contributed by atoms with van der Waals surface area (Å²) in [7, 11) is 1.82. The Labute approximate surface area is 125 Å². The van der Waals surface area contributed by atoms with E-state index >= 15 is 0 Å². The molecule has 0 fully saturated rings. The first-order valence-corrected chi connectivity index (χ1v) is 8.32. The zero-order chi connectivity index (χ0) is 14.7. The van der Waals surface area contributed by atoms with Crippen molar-refractivity contribution in [1.29, 1.82) is 0 Å². The van der Waals surface area contributed by atoms with Crippen LogP contribution in [0.5, 0.6) is 0 Å². The largest absolute Gasteiger partial charge is 0.338 e. The summed E-state index contributed by atoms with van der Waals surface area (Å²) in [6, 6.07) is -0.403. The van der Waals surface area contributed by atoms with Crippen LogP contribution >= 0.6 is 11.3 Å². The minimum atomic E-state index is -0.403. The molecule has 4 nitrogen and oxygen atoms in total. The van der Waals surface area contributed by atoms with Gasteiger partial charge in [-0.2, -0.15) is 0 Å². The van der Waals surface area contributed by atoms with Gasteiger partial charge in [-0.3, -0.25) is 4.79 Å². The van der Waals surface area contributed by atoms with Crippen LogP contribution in [-0.2, 0) is 24.2 Å². The molecule has 0 radical (unpaired) electrons. The maximum Gasteiger partial charge on any atom is 0.239 e. The van der Waals surface area contributed by atoms with Crippen LogP contribution in [0.15, 0.2) is 0 Å². The molecule has 1 amide bonds. The van der Waals surface area contributed by atoms with Crippen LogP contribution in [0.1, 0.15) is 48.7 Å². The lowest BCUT2D eigenvalue weighted by Gasteiger charge is -2.23. The number of nitrogens with two attached hydrogens (primary N) is 1. The average molecular weight is 295 g/mol. The fourth-order valence-electron chi connectivity index (χ4n) is 2.51. The molecule has 1 heterocycles. The van der Waals surface area contributed by atoms with Gasteiger partial charge in [0.05, 0.1) is 18.3 Å². The lowest BCUT2D eigenvalue weighted by Crippen LogP contribution is -2.45. The Morgan fingerprint density at radius 3 is 2.80 bits per heavy atom. The van der Waals surface area contributed by atoms with Crippen molar-refractivity contribution in [2.75, 3.05) is 7.05 Å². The topological polar surface area (TPSA) is 59.2 Å². The van der Waals surface area contributed by atoms with Crippen molar-refractivity contribution in [3.05, 3.63) is 15.6 Å². The summed E-state index contributed by atoms with van der Waals surface area (Å²) in [5.41, 5.74) is 7.27. The van der Waals surface area contributed by atoms with Crippen molar-refractivity contribution in [2.45, 2.75) is 58.5 Å². The number of carbonyl (C=O) groups is 1. The highest BCUT2D eigenvalue weighted by Crippen LogP contribution is 2.27. The molecule has 1 aromatic heterocycles. The third kappa shape index (κ3) is 3.38. The van der Waals surface area contributed by atoms with E-state index in [4.69, 9.17) is 5.73 Å². The second-order valence-corrected chi connectivity index (χ2v) is 6.96. The number of nitrogens with zero attached hydrogens (tertiary/aromatic N) is 2. The van der Waals surface area contributed by atoms with E-state index in [1.165, 1.54) is 23.4 Å². The summed E-state index contributed by atoms with van der Waals surface area (Å²) in [6.45, 7) is 4.67. The number of hydrogen-bond acceptors (Lipinski definition) is 4. The molecule has 0 saturated carbocycles. The first kappa shape index (κ1) is 15.4. The number of amides is 1. The predicted molar refractivity (Wildman–Crippen MR) is 82.7 cm³/mol. The maximum atomic E-state index is 12.3. The molecule has 5 heteroatoms. The van der Waals surface area contributed by atoms with Crippen molar-refractivity contribution in [3.63, 3.8) is 0 Å². The van der Waals surface area contributed by atoms with Crippen molar-refractivity contribution < 1.29 is 4.79 Å². The van der Waals surface area contributed by atoms with Crippen LogP contribution in [0.2, 0.25) is 0 Å². The lowest BCUT2D eigenvalue weighted by molar-refractivity contribution is -0.132. The van der Waals surface area contributed by atoms with Gasteiger partial charge in [0.2, 0.25) is 5.91 Å². The zero-order valence-electron chi connectivity index (χ0n) is 12.7. The van der Waals surface area contributed by atoms with E-state index in [9.17, 15) is 4.79 Å². The number of rotatable bonds is 5. The van der Waals surface area contributed by atoms with Gasteiger partial charge in [0.1, 0.15) is 5.01 Å². The van der Waals surface area contributed by atoms with Crippen molar-refractivity contribution in [2.24, 2.45) is 11.7 Å². The van der Waals surface area contributed by atoms with Crippen molar-refractivity contribution in [1.82, 2.24) is 9.88 Å². The minimum Gasteiger partial charge on any atom is -0.338 e. The molecule has 1 aromatic rings. The van der Waals surface area contributed by atoms with E-state index in [1.807, 2.05) is 14.0 Å². The second kappa shape index (κ2) is 6.68. The molecule has 0 spiro atoms. The first-order chi connectivity index (χ1) is 9.52. The van der Waals surface area contributed by atoms with Gasteiger partial charge >= 0.3 is 0 Å². The summed E-state index contributed by atoms with van der Waals surface area (Å²) in [6.07, 6.45) is 5.67. The molecule has 1 aliphatic rings. The normalized spacial score (nSPS) is 17.4. The summed E-state index contributed by atoms with van der Waals surface area (Å²) >= 11 is 1.76. The molecule has 112 valence electrons. The maximum absolute atomic E-state index is 12.3. The average Bonchev–Trinajstić information content (AvgIpc) is 2.86. The van der Waals surface area contributed by atoms with Crippen LogP contribution in [0.25, 0.3) is 0 Å². The SMILES string of the molecule is CCC(C)C(N)C(=O)N(C)Cc1nc2c(s1)CCCC2. The summed E-state index contributed by atoms with van der Waals surface area (Å²) < 4.78 is 0. The van der Waals surface area contributed by atoms with Crippen LogP contribution < -0.4 is 5.73 Å². The van der Waals surface area contributed by atoms with Crippen LogP contribution in [0.3, 0.4) is 0 Å². The fraction of sp³-hybridized carbons (Fsp3) is 0.733. The molecule has 2 unspecified atom stereocenters. The van der Waals surface area contributed by atoms with E-state index in [0.29, 0.717) is 6.54 Å². The Bertz CT molecular complexity index is 448. The number of hydrogen-bond donors (Lipinski definition) is 1. The molecular formula is C15H25N3OS. The highest BCUT2D eigenvalue weighted by Gasteiger charge is 2.24. The highest BCUT2D eigenvalue weighted by molar-refractivity contribution is 7.11. The van der Waals surface area contributed by atoms with E-state index in [0.717, 1.165) is 24.3 Å². The molecule has 0 saturated heterocycles. The number of aryl methyl sites for hydroxylation is 2. The van der Waals surface area contributed by atoms with Crippen molar-refractivity contribution >= 4 is 17.2 Å². The number of thiazole rings is 1. The van der Waals surface area contributed by atoms with Gasteiger partial charge in [-0.05, 0) is 31.6 Å². The molecule has 0 aliphatic heterocycles. The van der Waals surface area contributed by atoms with Crippen LogP contribution in [0.4, 0.5) is 0 Å². The lowest BCUT2D eigenvalue weighted by atomic mass is 9.99. The highest BCUT2D eigenvalue weighted by atomic mass is 32.1. The smallest absolute Gasteiger partial charge is 0.239 e. The van der Waals surface area contributed by atoms with Gasteiger partial charge in [-0.25, -0.2) is 4.98 Å². The third-order valence-electron chi connectivity index (χ3n) is 4.18. The van der Waals surface area contributed by atoms with E-state index in [2.05, 4.69) is 11.9 Å². The molecular weight excluding hydrogens is 270 g/mol. The van der Waals surface area contributed by atoms with Gasteiger partial charge in [-0.15, -0.1) is 11.3 Å². The van der Waals surface area contributed by atoms with Crippen molar-refractivity contribution in [3.8, 4) is 0 Å². The Hall–Kier alpha value is -0.940. The van der Waals surface area contributed by atoms with Gasteiger partial charge < -0.3 is 10.6 Å². The second-order valence-electron chi connectivity index (χ2n) is 5.79. The van der Waals surface area contributed by atoms with E-state index < -0.39 is 6.04 Å². The van der Waals surface area contributed by atoms with Gasteiger partial charge in [-0.1, -0.05) is 20.3 Å². The van der Waals surface area contributed by atoms with Crippen LogP contribution in [-0.4, -0.2) is 28.9 Å². The number of aromatic nitrogens is 1. The number of carbonyl (C=O) groups excluding carboxylic acids is 1. The van der Waals surface area contributed by atoms with E-state index in [-0.39, 0.29) is 11.8 Å². The third-order valence-corrected chi connectivity index (χ3v) is 5.32. The standard InChI is InChI=1S/C15H25N3OS/c1-4-10(2)14(16)15(19)18(3)9-13-17-11-7-5-6-8-12(11)20-13/h10,14H,4-9,16H2,1-3H3. The molecule has 20 heavy (non-hydrogen) atoms. The zero-order valence-corrected chi connectivity index (χ0v) is 13.5. The van der Waals surface area contributed by atoms with Crippen LogP contribution in [0, 0.1) is 5.92 Å². The predicted octanol–water partition coefficient (Wildman–Crippen LogP) is 2.35. The van der Waals surface area contributed by atoms with Gasteiger partial charge in [0.25, 0.3) is 0 Å². The van der Waals surface area contributed by atoms with E-state index in [1.54, 1.807) is 16.2 Å². The molecule has 2 N–H and O–H groups in total. The van der Waals surface area contributed by atoms with Gasteiger partial charge in [0.15, 0.2) is 0 Å². The Kier molecular flexibility index (Phi) is 5.16. The summed E-state index contributed by atoms with van der Waals surface area (Å²) in [5, 5.41) is 1.05. The molecule has 2 atom stereocenters. The Morgan fingerprint density at radius 2 is 2.15 bits per heavy atom. The number of likely N-dealkylation sites (N-methyl/N-ethyl adjacent to an activating group) is 1. The fourth-order valence-corrected chi connectivity index (χ4v) is 3.72. The first-order valence-electron chi connectivity index (χ1n) is 7.51. The summed E-state index contributed by atoms with van der Waals surface area (Å²) in [4.78, 5) is 20.1. The molecule has 0 bridgehead atoms. The van der Waals surface area contributed by atoms with Gasteiger partial charge in [0, 0.05) is 11.9 Å². The summed E-state index contributed by atoms with van der Waals surface area (Å²) in [5.74, 6) is 0.238. The Balaban J connectivity index is 1.98. The quantitative estimate of drug-likeness (QED) is 0.907. The Morgan fingerprint density at radius 1 is 1.45 bits per heavy atom. The monoisotopic (exact) mass is 295 g/mol. The minimum absolute atomic E-state index is 0.0209. The molecule has 1 aliphatic carbocycles. The molecule has 0 aromatic carbocycles. The molecule has 2 rings (SSSR count). The number of fused-ring (bicyclic) bond motifs is 1.